The molecule has 0 spiro atoms. The number of carbonyl (C=O) groups excluding carboxylic acids is 1. The standard InChI is InChI=1S/C31H32Cl2N6O3S/c32-27-10-3-21(15-28(27)33)18-39(25-11-13-35-14-12-25)43(41,42)26-8-4-22(5-9-26)29-16-23-19-38(31(40)37-30(23)36-29)24-6-1-20(17-34)2-7-24/h1-10,15-16,19,25,30,35-36H,11-14,17-18,34H2,(H,37,40). The van der Waals surface area contributed by atoms with E-state index in [0.29, 0.717) is 29.4 Å². The molecule has 0 aromatic heterocycles. The Morgan fingerprint density at radius 3 is 2.28 bits per heavy atom. The number of nitrogens with one attached hydrogen (secondary N) is 3. The van der Waals surface area contributed by atoms with Gasteiger partial charge in [0.25, 0.3) is 0 Å². The molecule has 3 aromatic carbocycles. The molecule has 0 aliphatic carbocycles. The zero-order chi connectivity index (χ0) is 30.1. The van der Waals surface area contributed by atoms with Crippen LogP contribution in [0.1, 0.15) is 29.5 Å². The van der Waals surface area contributed by atoms with Crippen molar-refractivity contribution in [3.8, 4) is 0 Å². The zero-order valence-electron chi connectivity index (χ0n) is 23.3. The Morgan fingerprint density at radius 2 is 1.60 bits per heavy atom. The molecule has 6 rings (SSSR count). The van der Waals surface area contributed by atoms with Crippen LogP contribution >= 0.6 is 23.2 Å². The number of sulfonamides is 1. The van der Waals surface area contributed by atoms with Crippen LogP contribution in [0, 0.1) is 0 Å². The van der Waals surface area contributed by atoms with Crippen LogP contribution in [0.25, 0.3) is 5.70 Å². The summed E-state index contributed by atoms with van der Waals surface area (Å²) in [6.07, 6.45) is 4.81. The number of piperidine rings is 1. The van der Waals surface area contributed by atoms with Crippen molar-refractivity contribution in [3.63, 3.8) is 0 Å². The molecular weight excluding hydrogens is 607 g/mol. The lowest BCUT2D eigenvalue weighted by Gasteiger charge is -2.34. The molecule has 0 saturated carbocycles. The Kier molecular flexibility index (Phi) is 8.50. The van der Waals surface area contributed by atoms with Gasteiger partial charge >= 0.3 is 6.03 Å². The van der Waals surface area contributed by atoms with Crippen LogP contribution in [0.3, 0.4) is 0 Å². The van der Waals surface area contributed by atoms with Crippen molar-refractivity contribution in [2.45, 2.75) is 43.0 Å². The van der Waals surface area contributed by atoms with E-state index >= 15 is 0 Å². The highest BCUT2D eigenvalue weighted by atomic mass is 35.5. The summed E-state index contributed by atoms with van der Waals surface area (Å²) in [5, 5.41) is 10.4. The first-order valence-corrected chi connectivity index (χ1v) is 16.3. The summed E-state index contributed by atoms with van der Waals surface area (Å²) < 4.78 is 29.6. The molecule has 3 aliphatic heterocycles. The van der Waals surface area contributed by atoms with E-state index in [1.54, 1.807) is 51.8 Å². The molecule has 1 fully saturated rings. The van der Waals surface area contributed by atoms with Crippen LogP contribution < -0.4 is 26.6 Å². The summed E-state index contributed by atoms with van der Waals surface area (Å²) in [5.74, 6) is 0. The Balaban J connectivity index is 1.24. The molecular formula is C31H32Cl2N6O3S. The van der Waals surface area contributed by atoms with Crippen molar-refractivity contribution in [2.75, 3.05) is 18.0 Å². The maximum Gasteiger partial charge on any atom is 0.327 e. The number of hydrogen-bond donors (Lipinski definition) is 4. The molecule has 0 radical (unpaired) electrons. The van der Waals surface area contributed by atoms with E-state index in [0.717, 1.165) is 46.7 Å². The van der Waals surface area contributed by atoms with Gasteiger partial charge in [-0.1, -0.05) is 53.5 Å². The lowest BCUT2D eigenvalue weighted by molar-refractivity contribution is 0.244. The number of amides is 2. The van der Waals surface area contributed by atoms with E-state index in [2.05, 4.69) is 16.0 Å². The largest absolute Gasteiger partial charge is 0.361 e. The predicted molar refractivity (Wildman–Crippen MR) is 170 cm³/mol. The number of fused-ring (bicyclic) bond motifs is 1. The predicted octanol–water partition coefficient (Wildman–Crippen LogP) is 4.78. The molecule has 43 heavy (non-hydrogen) atoms. The molecule has 0 bridgehead atoms. The fourth-order valence-corrected chi connectivity index (χ4v) is 7.57. The number of rotatable bonds is 8. The third-order valence-electron chi connectivity index (χ3n) is 7.97. The van der Waals surface area contributed by atoms with E-state index in [1.165, 1.54) is 0 Å². The lowest BCUT2D eigenvalue weighted by atomic mass is 10.1. The summed E-state index contributed by atoms with van der Waals surface area (Å²) in [5.41, 5.74) is 10.7. The highest BCUT2D eigenvalue weighted by molar-refractivity contribution is 7.89. The normalized spacial score (nSPS) is 19.0. The van der Waals surface area contributed by atoms with Crippen LogP contribution in [0.15, 0.2) is 89.5 Å². The van der Waals surface area contributed by atoms with Gasteiger partial charge < -0.3 is 21.7 Å². The number of hydrogen-bond acceptors (Lipinski definition) is 6. The quantitative estimate of drug-likeness (QED) is 0.282. The molecule has 1 saturated heterocycles. The lowest BCUT2D eigenvalue weighted by Crippen LogP contribution is -2.51. The average molecular weight is 640 g/mol. The summed E-state index contributed by atoms with van der Waals surface area (Å²) in [6.45, 7) is 2.13. The van der Waals surface area contributed by atoms with Crippen molar-refractivity contribution in [1.29, 1.82) is 0 Å². The summed E-state index contributed by atoms with van der Waals surface area (Å²) in [6, 6.07) is 19.2. The van der Waals surface area contributed by atoms with Crippen molar-refractivity contribution < 1.29 is 13.2 Å². The molecule has 12 heteroatoms. The molecule has 2 amide bonds. The topological polar surface area (TPSA) is 120 Å². The number of carbonyl (C=O) groups is 1. The van der Waals surface area contributed by atoms with Crippen molar-refractivity contribution in [3.05, 3.63) is 111 Å². The van der Waals surface area contributed by atoms with Crippen molar-refractivity contribution >= 4 is 50.6 Å². The second-order valence-corrected chi connectivity index (χ2v) is 13.5. The minimum Gasteiger partial charge on any atom is -0.361 e. The van der Waals surface area contributed by atoms with Crippen LogP contribution in [-0.2, 0) is 23.1 Å². The van der Waals surface area contributed by atoms with Gasteiger partial charge in [0, 0.05) is 36.6 Å². The molecule has 9 nitrogen and oxygen atoms in total. The molecule has 1 unspecified atom stereocenters. The number of anilines is 1. The highest BCUT2D eigenvalue weighted by Gasteiger charge is 2.34. The monoisotopic (exact) mass is 638 g/mol. The van der Waals surface area contributed by atoms with Gasteiger partial charge in [0.05, 0.1) is 20.6 Å². The summed E-state index contributed by atoms with van der Waals surface area (Å²) in [7, 11) is -3.83. The van der Waals surface area contributed by atoms with Gasteiger partial charge in [0.1, 0.15) is 6.17 Å². The Morgan fingerprint density at radius 1 is 0.907 bits per heavy atom. The number of halogens is 2. The minimum atomic E-state index is -3.83. The Bertz CT molecular complexity index is 1690. The van der Waals surface area contributed by atoms with E-state index in [9.17, 15) is 13.2 Å². The Labute approximate surface area is 261 Å². The Hall–Kier alpha value is -3.38. The van der Waals surface area contributed by atoms with Gasteiger partial charge in [-0.2, -0.15) is 4.31 Å². The van der Waals surface area contributed by atoms with E-state index < -0.39 is 10.0 Å². The fourth-order valence-electron chi connectivity index (χ4n) is 5.58. The van der Waals surface area contributed by atoms with Crippen molar-refractivity contribution in [1.82, 2.24) is 20.3 Å². The van der Waals surface area contributed by atoms with E-state index in [-0.39, 0.29) is 29.7 Å². The number of nitrogens with two attached hydrogens (primary N) is 1. The number of benzene rings is 3. The molecule has 3 aliphatic rings. The second kappa shape index (κ2) is 12.3. The zero-order valence-corrected chi connectivity index (χ0v) is 25.6. The first-order chi connectivity index (χ1) is 20.7. The number of urea groups is 1. The van der Waals surface area contributed by atoms with Crippen LogP contribution in [0.2, 0.25) is 10.0 Å². The smallest absolute Gasteiger partial charge is 0.327 e. The number of nitrogens with zero attached hydrogens (tertiary/aromatic N) is 2. The molecule has 3 heterocycles. The van der Waals surface area contributed by atoms with Gasteiger partial charge in [-0.05, 0) is 85.1 Å². The third-order valence-corrected chi connectivity index (χ3v) is 10.6. The van der Waals surface area contributed by atoms with Gasteiger partial charge in [0.2, 0.25) is 10.0 Å². The molecule has 1 atom stereocenters. The van der Waals surface area contributed by atoms with Crippen LogP contribution in [0.4, 0.5) is 10.5 Å². The highest BCUT2D eigenvalue weighted by Crippen LogP contribution is 2.31. The third kappa shape index (κ3) is 6.17. The maximum atomic E-state index is 14.0. The van der Waals surface area contributed by atoms with Gasteiger partial charge in [-0.25, -0.2) is 13.2 Å². The van der Waals surface area contributed by atoms with Crippen LogP contribution in [0.5, 0.6) is 0 Å². The van der Waals surface area contributed by atoms with E-state index in [1.807, 2.05) is 36.4 Å². The van der Waals surface area contributed by atoms with Gasteiger partial charge in [-0.15, -0.1) is 0 Å². The van der Waals surface area contributed by atoms with Gasteiger partial charge in [-0.3, -0.25) is 4.90 Å². The summed E-state index contributed by atoms with van der Waals surface area (Å²) in [4.78, 5) is 14.6. The molecule has 224 valence electrons. The maximum absolute atomic E-state index is 14.0. The van der Waals surface area contributed by atoms with E-state index in [4.69, 9.17) is 28.9 Å². The first-order valence-electron chi connectivity index (χ1n) is 14.1. The van der Waals surface area contributed by atoms with Gasteiger partial charge in [0.15, 0.2) is 0 Å². The second-order valence-electron chi connectivity index (χ2n) is 10.8. The minimum absolute atomic E-state index is 0.146. The SMILES string of the molecule is NCc1ccc(N2C=C3C=C(c4ccc(S(=O)(=O)N(Cc5ccc(Cl)c(Cl)c5)C5CCNCC5)cc4)NC3NC2=O)cc1. The molecule has 3 aromatic rings. The van der Waals surface area contributed by atoms with Crippen molar-refractivity contribution in [2.24, 2.45) is 5.73 Å². The average Bonchev–Trinajstić information content (AvgIpc) is 3.44. The summed E-state index contributed by atoms with van der Waals surface area (Å²) >= 11 is 12.3. The molecule has 5 N–H and O–H groups in total. The first kappa shape index (κ1) is 29.7. The fraction of sp³-hybridized carbons (Fsp3) is 0.258. The van der Waals surface area contributed by atoms with Crippen LogP contribution in [-0.4, -0.2) is 44.1 Å².